The van der Waals surface area contributed by atoms with Crippen molar-refractivity contribution >= 4 is 34.1 Å². The maximum Gasteiger partial charge on any atom is 0.250 e. The number of nitrogens with zero attached hydrogens (tertiary/aromatic N) is 4. The minimum atomic E-state index is -0.616. The van der Waals surface area contributed by atoms with Crippen molar-refractivity contribution in [3.63, 3.8) is 0 Å². The number of hydrogen-bond acceptors (Lipinski definition) is 9. The molecular formula is C27H27N9O3. The number of carbonyl (C=O) groups excluding carboxylic acids is 1. The molecule has 1 saturated heterocycles. The molecule has 198 valence electrons. The lowest BCUT2D eigenvalue weighted by molar-refractivity contribution is -0.118. The minimum absolute atomic E-state index is 0.118. The first-order valence-electron chi connectivity index (χ1n) is 12.6. The van der Waals surface area contributed by atoms with Gasteiger partial charge in [0.15, 0.2) is 0 Å². The number of ether oxygens (including phenoxy) is 1. The molecule has 12 nitrogen and oxygen atoms in total. The molecule has 6 rings (SSSR count). The second-order valence-electron chi connectivity index (χ2n) is 9.27. The van der Waals surface area contributed by atoms with Gasteiger partial charge in [-0.15, -0.1) is 0 Å². The summed E-state index contributed by atoms with van der Waals surface area (Å²) in [7, 11) is 0. The number of rotatable bonds is 8. The highest BCUT2D eigenvalue weighted by atomic mass is 16.5. The Balaban J connectivity index is 1.34. The zero-order valence-electron chi connectivity index (χ0n) is 20.9. The van der Waals surface area contributed by atoms with Gasteiger partial charge in [-0.3, -0.25) is 15.0 Å². The van der Waals surface area contributed by atoms with Crippen LogP contribution in [0.25, 0.3) is 33.2 Å². The van der Waals surface area contributed by atoms with Gasteiger partial charge in [0.25, 0.3) is 0 Å². The maximum atomic E-state index is 11.8. The molecule has 0 atom stereocenters. The van der Waals surface area contributed by atoms with Crippen molar-refractivity contribution in [3.8, 4) is 28.0 Å². The standard InChI is InChI=1S/C27H27N9O3/c37-15-26(38)34-20-5-16(18-11-30-31-12-18)6-21(8-20)35-27-29-10-17-7-23(19-13-32-33-14-19)25(9-24(17)36-27)39-22-1-3-28-4-2-22/h5-14,22,28,37H,1-4,15H2,(H,30,31)(H,32,33)(H,34,38)(H,29,35,36). The van der Waals surface area contributed by atoms with Crippen molar-refractivity contribution in [3.05, 3.63) is 61.3 Å². The third-order valence-corrected chi connectivity index (χ3v) is 6.52. The number of carbonyl (C=O) groups is 1. The Morgan fingerprint density at radius 3 is 2.46 bits per heavy atom. The van der Waals surface area contributed by atoms with Crippen LogP contribution in [0.15, 0.2) is 61.3 Å². The SMILES string of the molecule is O=C(CO)Nc1cc(Nc2ncc3cc(-c4cn[nH]c4)c(OC4CCNCC4)cc3n2)cc(-c2cn[nH]c2)c1. The lowest BCUT2D eigenvalue weighted by Crippen LogP contribution is -2.34. The van der Waals surface area contributed by atoms with Crippen LogP contribution in [0.3, 0.4) is 0 Å². The number of fused-ring (bicyclic) bond motifs is 1. The Labute approximate surface area is 223 Å². The fourth-order valence-corrected chi connectivity index (χ4v) is 4.61. The van der Waals surface area contributed by atoms with Crippen molar-refractivity contribution in [2.75, 3.05) is 30.3 Å². The third kappa shape index (κ3) is 5.56. The zero-order valence-corrected chi connectivity index (χ0v) is 20.9. The van der Waals surface area contributed by atoms with E-state index in [1.807, 2.05) is 24.4 Å². The summed E-state index contributed by atoms with van der Waals surface area (Å²) in [6.07, 6.45) is 10.8. The largest absolute Gasteiger partial charge is 0.490 e. The highest BCUT2D eigenvalue weighted by molar-refractivity contribution is 5.93. The van der Waals surface area contributed by atoms with E-state index >= 15 is 0 Å². The Morgan fingerprint density at radius 2 is 1.72 bits per heavy atom. The van der Waals surface area contributed by atoms with Crippen molar-refractivity contribution in [2.24, 2.45) is 0 Å². The van der Waals surface area contributed by atoms with E-state index in [0.29, 0.717) is 17.3 Å². The molecule has 0 saturated carbocycles. The van der Waals surface area contributed by atoms with E-state index in [-0.39, 0.29) is 6.10 Å². The Kier molecular flexibility index (Phi) is 6.85. The molecule has 5 aromatic rings. The van der Waals surface area contributed by atoms with Gasteiger partial charge in [-0.25, -0.2) is 9.97 Å². The molecule has 0 unspecified atom stereocenters. The highest BCUT2D eigenvalue weighted by Gasteiger charge is 2.19. The van der Waals surface area contributed by atoms with Crippen LogP contribution in [0.5, 0.6) is 5.75 Å². The van der Waals surface area contributed by atoms with Gasteiger partial charge in [-0.05, 0) is 55.8 Å². The lowest BCUT2D eigenvalue weighted by atomic mass is 10.0. The summed E-state index contributed by atoms with van der Waals surface area (Å²) in [6.45, 7) is 1.23. The number of aliphatic hydroxyl groups excluding tert-OH is 1. The van der Waals surface area contributed by atoms with Gasteiger partial charge in [0.1, 0.15) is 18.5 Å². The number of anilines is 3. The summed E-state index contributed by atoms with van der Waals surface area (Å²) in [4.78, 5) is 21.1. The molecule has 1 fully saturated rings. The molecule has 0 spiro atoms. The average molecular weight is 526 g/mol. The summed E-state index contributed by atoms with van der Waals surface area (Å²) in [6, 6.07) is 9.41. The summed E-state index contributed by atoms with van der Waals surface area (Å²) >= 11 is 0. The zero-order chi connectivity index (χ0) is 26.6. The fourth-order valence-electron chi connectivity index (χ4n) is 4.61. The highest BCUT2D eigenvalue weighted by Crippen LogP contribution is 2.35. The third-order valence-electron chi connectivity index (χ3n) is 6.52. The number of H-pyrrole nitrogens is 2. The van der Waals surface area contributed by atoms with E-state index in [4.69, 9.17) is 9.72 Å². The molecule has 2 aromatic carbocycles. The summed E-state index contributed by atoms with van der Waals surface area (Å²) in [5, 5.41) is 33.1. The van der Waals surface area contributed by atoms with Gasteiger partial charge in [0, 0.05) is 58.1 Å². The average Bonchev–Trinajstić information content (AvgIpc) is 3.68. The summed E-state index contributed by atoms with van der Waals surface area (Å²) < 4.78 is 6.46. The van der Waals surface area contributed by atoms with E-state index in [1.54, 1.807) is 36.9 Å². The summed E-state index contributed by atoms with van der Waals surface area (Å²) in [5.41, 5.74) is 5.39. The van der Waals surface area contributed by atoms with Crippen LogP contribution >= 0.6 is 0 Å². The maximum absolute atomic E-state index is 11.8. The molecule has 12 heteroatoms. The molecule has 4 heterocycles. The first kappa shape index (κ1) is 24.5. The molecule has 39 heavy (non-hydrogen) atoms. The van der Waals surface area contributed by atoms with Gasteiger partial charge < -0.3 is 25.8 Å². The van der Waals surface area contributed by atoms with Crippen molar-refractivity contribution < 1.29 is 14.6 Å². The van der Waals surface area contributed by atoms with Crippen LogP contribution in [-0.2, 0) is 4.79 Å². The lowest BCUT2D eigenvalue weighted by Gasteiger charge is -2.25. The normalized spacial score (nSPS) is 13.9. The van der Waals surface area contributed by atoms with E-state index in [1.165, 1.54) is 0 Å². The van der Waals surface area contributed by atoms with Gasteiger partial charge >= 0.3 is 0 Å². The number of nitrogens with one attached hydrogen (secondary N) is 5. The molecule has 1 amide bonds. The predicted molar refractivity (Wildman–Crippen MR) is 147 cm³/mol. The van der Waals surface area contributed by atoms with Crippen LogP contribution in [0.1, 0.15) is 12.8 Å². The van der Waals surface area contributed by atoms with E-state index in [2.05, 4.69) is 41.3 Å². The smallest absolute Gasteiger partial charge is 0.250 e. The van der Waals surface area contributed by atoms with Gasteiger partial charge in [0.05, 0.1) is 17.9 Å². The minimum Gasteiger partial charge on any atom is -0.490 e. The number of aliphatic hydroxyl groups is 1. The summed E-state index contributed by atoms with van der Waals surface area (Å²) in [5.74, 6) is 0.619. The van der Waals surface area contributed by atoms with Crippen LogP contribution in [0.4, 0.5) is 17.3 Å². The number of piperidine rings is 1. The Bertz CT molecular complexity index is 1580. The molecule has 1 aliphatic rings. The second kappa shape index (κ2) is 10.9. The predicted octanol–water partition coefficient (Wildman–Crippen LogP) is 3.22. The van der Waals surface area contributed by atoms with Crippen LogP contribution in [-0.4, -0.2) is 67.2 Å². The van der Waals surface area contributed by atoms with Crippen molar-refractivity contribution in [1.29, 1.82) is 0 Å². The van der Waals surface area contributed by atoms with Gasteiger partial charge in [-0.1, -0.05) is 0 Å². The van der Waals surface area contributed by atoms with E-state index in [0.717, 1.165) is 64.8 Å². The van der Waals surface area contributed by atoms with Crippen molar-refractivity contribution in [1.82, 2.24) is 35.7 Å². The topological polar surface area (TPSA) is 166 Å². The van der Waals surface area contributed by atoms with Crippen molar-refractivity contribution in [2.45, 2.75) is 18.9 Å². The Morgan fingerprint density at radius 1 is 0.949 bits per heavy atom. The number of hydrogen-bond donors (Lipinski definition) is 6. The van der Waals surface area contributed by atoms with Crippen LogP contribution in [0, 0.1) is 0 Å². The Hall–Kier alpha value is -4.81. The quantitative estimate of drug-likeness (QED) is 0.178. The number of amides is 1. The number of aromatic amines is 2. The fraction of sp³-hybridized carbons (Fsp3) is 0.222. The molecule has 0 bridgehead atoms. The molecule has 3 aromatic heterocycles. The van der Waals surface area contributed by atoms with Crippen LogP contribution in [0.2, 0.25) is 0 Å². The van der Waals surface area contributed by atoms with E-state index in [9.17, 15) is 9.90 Å². The second-order valence-corrected chi connectivity index (χ2v) is 9.27. The molecule has 0 aliphatic carbocycles. The van der Waals surface area contributed by atoms with Gasteiger partial charge in [0.2, 0.25) is 11.9 Å². The van der Waals surface area contributed by atoms with Gasteiger partial charge in [-0.2, -0.15) is 10.2 Å². The molecule has 6 N–H and O–H groups in total. The van der Waals surface area contributed by atoms with Crippen LogP contribution < -0.4 is 20.7 Å². The molecule has 1 aliphatic heterocycles. The number of benzene rings is 2. The molecular weight excluding hydrogens is 498 g/mol. The number of aromatic nitrogens is 6. The molecule has 0 radical (unpaired) electrons. The monoisotopic (exact) mass is 525 g/mol. The first-order chi connectivity index (χ1) is 19.1. The van der Waals surface area contributed by atoms with E-state index < -0.39 is 12.5 Å². The first-order valence-corrected chi connectivity index (χ1v) is 12.6.